The molecule has 0 bridgehead atoms. The predicted octanol–water partition coefficient (Wildman–Crippen LogP) is 1.44. The number of nitrogens with zero attached hydrogens (tertiary/aromatic N) is 2. The molecule has 0 aliphatic carbocycles. The van der Waals surface area contributed by atoms with Gasteiger partial charge < -0.3 is 15.3 Å². The van der Waals surface area contributed by atoms with Crippen molar-refractivity contribution in [1.29, 1.82) is 0 Å². The van der Waals surface area contributed by atoms with Crippen LogP contribution in [0, 0.1) is 0 Å². The van der Waals surface area contributed by atoms with Gasteiger partial charge in [0, 0.05) is 0 Å². The van der Waals surface area contributed by atoms with Crippen LogP contribution in [0.5, 0.6) is 0 Å². The SMILES string of the molecule is CC(NC(=O)Cn1c(=O)[nH]c2ccccc2c1=O)c1nc2ccccc2[nH]1. The van der Waals surface area contributed by atoms with Gasteiger partial charge in [0.2, 0.25) is 5.91 Å². The third kappa shape index (κ3) is 3.12. The van der Waals surface area contributed by atoms with Gasteiger partial charge in [0.1, 0.15) is 12.4 Å². The summed E-state index contributed by atoms with van der Waals surface area (Å²) < 4.78 is 0.892. The lowest BCUT2D eigenvalue weighted by Crippen LogP contribution is -2.41. The number of para-hydroxylation sites is 3. The number of amides is 1. The molecule has 2 aromatic heterocycles. The van der Waals surface area contributed by atoms with Gasteiger partial charge in [-0.2, -0.15) is 0 Å². The monoisotopic (exact) mass is 363 g/mol. The molecule has 4 rings (SSSR count). The highest BCUT2D eigenvalue weighted by Gasteiger charge is 2.16. The van der Waals surface area contributed by atoms with Gasteiger partial charge in [-0.1, -0.05) is 24.3 Å². The van der Waals surface area contributed by atoms with Gasteiger partial charge in [0.05, 0.1) is 28.0 Å². The molecule has 2 aromatic carbocycles. The van der Waals surface area contributed by atoms with E-state index in [0.717, 1.165) is 15.6 Å². The van der Waals surface area contributed by atoms with E-state index in [-0.39, 0.29) is 6.54 Å². The second-order valence-electron chi connectivity index (χ2n) is 6.30. The second kappa shape index (κ2) is 6.56. The van der Waals surface area contributed by atoms with Crippen molar-refractivity contribution < 1.29 is 4.79 Å². The molecule has 4 aromatic rings. The number of carbonyl (C=O) groups excluding carboxylic acids is 1. The smallest absolute Gasteiger partial charge is 0.329 e. The highest BCUT2D eigenvalue weighted by molar-refractivity contribution is 5.79. The van der Waals surface area contributed by atoms with E-state index in [0.29, 0.717) is 16.7 Å². The van der Waals surface area contributed by atoms with Crippen LogP contribution in [0.25, 0.3) is 21.9 Å². The molecular formula is C19H17N5O3. The Bertz CT molecular complexity index is 1230. The fraction of sp³-hybridized carbons (Fsp3) is 0.158. The molecule has 0 saturated heterocycles. The van der Waals surface area contributed by atoms with Crippen molar-refractivity contribution >= 4 is 27.8 Å². The number of H-pyrrole nitrogens is 2. The van der Waals surface area contributed by atoms with Crippen LogP contribution in [-0.2, 0) is 11.3 Å². The minimum absolute atomic E-state index is 0.357. The van der Waals surface area contributed by atoms with E-state index >= 15 is 0 Å². The van der Waals surface area contributed by atoms with Crippen molar-refractivity contribution in [2.75, 3.05) is 0 Å². The number of hydrogen-bond acceptors (Lipinski definition) is 4. The molecule has 8 nitrogen and oxygen atoms in total. The maximum atomic E-state index is 12.5. The summed E-state index contributed by atoms with van der Waals surface area (Å²) in [7, 11) is 0. The van der Waals surface area contributed by atoms with Crippen LogP contribution < -0.4 is 16.6 Å². The van der Waals surface area contributed by atoms with Gasteiger partial charge in [-0.25, -0.2) is 9.78 Å². The molecule has 1 atom stereocenters. The van der Waals surface area contributed by atoms with E-state index in [1.54, 1.807) is 31.2 Å². The van der Waals surface area contributed by atoms with E-state index in [2.05, 4.69) is 20.3 Å². The van der Waals surface area contributed by atoms with Crippen LogP contribution in [0.4, 0.5) is 0 Å². The van der Waals surface area contributed by atoms with E-state index in [1.165, 1.54) is 0 Å². The minimum Gasteiger partial charge on any atom is -0.345 e. The number of aromatic nitrogens is 4. The summed E-state index contributed by atoms with van der Waals surface area (Å²) >= 11 is 0. The Balaban J connectivity index is 1.56. The normalized spacial score (nSPS) is 12.3. The molecule has 0 aliphatic rings. The van der Waals surface area contributed by atoms with Crippen molar-refractivity contribution in [3.63, 3.8) is 0 Å². The third-order valence-electron chi connectivity index (χ3n) is 4.39. The van der Waals surface area contributed by atoms with Gasteiger partial charge in [-0.3, -0.25) is 14.2 Å². The van der Waals surface area contributed by atoms with Gasteiger partial charge in [0.25, 0.3) is 5.56 Å². The first-order valence-electron chi connectivity index (χ1n) is 8.49. The average molecular weight is 363 g/mol. The molecule has 1 amide bonds. The molecule has 0 spiro atoms. The highest BCUT2D eigenvalue weighted by atomic mass is 16.2. The molecule has 8 heteroatoms. The Labute approximate surface area is 152 Å². The molecule has 2 heterocycles. The molecule has 3 N–H and O–H groups in total. The third-order valence-corrected chi connectivity index (χ3v) is 4.39. The summed E-state index contributed by atoms with van der Waals surface area (Å²) in [6.45, 7) is 1.41. The molecule has 0 saturated carbocycles. The Kier molecular flexibility index (Phi) is 4.08. The first-order valence-corrected chi connectivity index (χ1v) is 8.49. The summed E-state index contributed by atoms with van der Waals surface area (Å²) in [6, 6.07) is 13.8. The van der Waals surface area contributed by atoms with Gasteiger partial charge in [-0.15, -0.1) is 0 Å². The van der Waals surface area contributed by atoms with Crippen molar-refractivity contribution in [3.05, 3.63) is 75.2 Å². The molecule has 0 radical (unpaired) electrons. The number of fused-ring (bicyclic) bond motifs is 2. The maximum Gasteiger partial charge on any atom is 0.329 e. The summed E-state index contributed by atoms with van der Waals surface area (Å²) in [5.74, 6) is 0.148. The first kappa shape index (κ1) is 16.8. The highest BCUT2D eigenvalue weighted by Crippen LogP contribution is 2.15. The summed E-state index contributed by atoms with van der Waals surface area (Å²) in [6.07, 6.45) is 0. The minimum atomic E-state index is -0.620. The second-order valence-corrected chi connectivity index (χ2v) is 6.30. The van der Waals surface area contributed by atoms with E-state index < -0.39 is 23.2 Å². The largest absolute Gasteiger partial charge is 0.345 e. The number of benzene rings is 2. The molecule has 27 heavy (non-hydrogen) atoms. The van der Waals surface area contributed by atoms with Gasteiger partial charge >= 0.3 is 5.69 Å². The van der Waals surface area contributed by atoms with E-state index in [9.17, 15) is 14.4 Å². The van der Waals surface area contributed by atoms with E-state index in [4.69, 9.17) is 0 Å². The maximum absolute atomic E-state index is 12.5. The van der Waals surface area contributed by atoms with Gasteiger partial charge in [-0.05, 0) is 31.2 Å². The fourth-order valence-electron chi connectivity index (χ4n) is 3.02. The zero-order chi connectivity index (χ0) is 19.0. The number of imidazole rings is 1. The quantitative estimate of drug-likeness (QED) is 0.509. The number of hydrogen-bond donors (Lipinski definition) is 3. The first-order chi connectivity index (χ1) is 13.0. The predicted molar refractivity (Wildman–Crippen MR) is 101 cm³/mol. The zero-order valence-electron chi connectivity index (χ0n) is 14.5. The number of carbonyl (C=O) groups is 1. The molecular weight excluding hydrogens is 346 g/mol. The van der Waals surface area contributed by atoms with Crippen LogP contribution in [0.2, 0.25) is 0 Å². The van der Waals surface area contributed by atoms with Crippen LogP contribution in [0.15, 0.2) is 58.1 Å². The lowest BCUT2D eigenvalue weighted by atomic mass is 10.2. The van der Waals surface area contributed by atoms with Crippen molar-refractivity contribution in [2.24, 2.45) is 0 Å². The molecule has 136 valence electrons. The van der Waals surface area contributed by atoms with Crippen molar-refractivity contribution in [3.8, 4) is 0 Å². The van der Waals surface area contributed by atoms with E-state index in [1.807, 2.05) is 24.3 Å². The lowest BCUT2D eigenvalue weighted by Gasteiger charge is -2.12. The van der Waals surface area contributed by atoms with Crippen molar-refractivity contribution in [2.45, 2.75) is 19.5 Å². The topological polar surface area (TPSA) is 113 Å². The summed E-state index contributed by atoms with van der Waals surface area (Å²) in [5, 5.41) is 3.12. The van der Waals surface area contributed by atoms with Crippen LogP contribution in [0.3, 0.4) is 0 Å². The summed E-state index contributed by atoms with van der Waals surface area (Å²) in [4.78, 5) is 47.3. The summed E-state index contributed by atoms with van der Waals surface area (Å²) in [5.41, 5.74) is 0.998. The number of nitrogens with one attached hydrogen (secondary N) is 3. The Morgan fingerprint density at radius 2 is 1.78 bits per heavy atom. The molecule has 0 fully saturated rings. The zero-order valence-corrected chi connectivity index (χ0v) is 14.5. The Morgan fingerprint density at radius 3 is 2.56 bits per heavy atom. The standard InChI is InChI=1S/C19H17N5O3/c1-11(17-21-14-8-4-5-9-15(14)22-17)20-16(25)10-24-18(26)12-6-2-3-7-13(12)23-19(24)27/h2-9,11H,10H2,1H3,(H,20,25)(H,21,22)(H,23,27). The molecule has 0 aliphatic heterocycles. The number of aromatic amines is 2. The number of rotatable bonds is 4. The van der Waals surface area contributed by atoms with Crippen molar-refractivity contribution in [1.82, 2.24) is 24.8 Å². The lowest BCUT2D eigenvalue weighted by molar-refractivity contribution is -0.122. The van der Waals surface area contributed by atoms with Crippen LogP contribution in [-0.4, -0.2) is 25.4 Å². The van der Waals surface area contributed by atoms with Crippen LogP contribution >= 0.6 is 0 Å². The fourth-order valence-corrected chi connectivity index (χ4v) is 3.02. The van der Waals surface area contributed by atoms with Crippen LogP contribution in [0.1, 0.15) is 18.8 Å². The Morgan fingerprint density at radius 1 is 1.07 bits per heavy atom. The Hall–Kier alpha value is -3.68. The van der Waals surface area contributed by atoms with Gasteiger partial charge in [0.15, 0.2) is 0 Å². The average Bonchev–Trinajstić information content (AvgIpc) is 3.09. The molecule has 1 unspecified atom stereocenters.